The second-order valence-corrected chi connectivity index (χ2v) is 7.27. The topological polar surface area (TPSA) is 89.3 Å². The van der Waals surface area contributed by atoms with Crippen LogP contribution < -0.4 is 5.32 Å². The smallest absolute Gasteiger partial charge is 0.256 e. The summed E-state index contributed by atoms with van der Waals surface area (Å²) in [5.74, 6) is -1.81. The molecule has 4 atom stereocenters. The highest BCUT2D eigenvalue weighted by molar-refractivity contribution is 6.07. The average molecular weight is 402 g/mol. The normalized spacial score (nSPS) is 26.7. The number of nitrogens with zero attached hydrogens (tertiary/aromatic N) is 3. The van der Waals surface area contributed by atoms with Crippen molar-refractivity contribution in [3.63, 3.8) is 0 Å². The highest BCUT2D eigenvalue weighted by Crippen LogP contribution is 2.46. The molecule has 152 valence electrons. The van der Waals surface area contributed by atoms with Crippen LogP contribution in [0.1, 0.15) is 30.4 Å². The quantitative estimate of drug-likeness (QED) is 0.700. The Bertz CT molecular complexity index is 1050. The van der Waals surface area contributed by atoms with E-state index in [1.165, 1.54) is 11.5 Å². The Hall–Kier alpha value is -2.91. The van der Waals surface area contributed by atoms with Gasteiger partial charge in [0.2, 0.25) is 0 Å². The van der Waals surface area contributed by atoms with E-state index >= 15 is 4.39 Å². The Balaban J connectivity index is 1.74. The first-order valence-corrected chi connectivity index (χ1v) is 9.17. The number of carbonyl (C=O) groups is 1. The molecule has 1 amide bonds. The van der Waals surface area contributed by atoms with Crippen LogP contribution in [0.4, 0.5) is 14.6 Å². The van der Waals surface area contributed by atoms with Crippen LogP contribution in [0.3, 0.4) is 0 Å². The van der Waals surface area contributed by atoms with Crippen molar-refractivity contribution in [3.8, 4) is 0 Å². The van der Waals surface area contributed by atoms with Gasteiger partial charge in [0, 0.05) is 17.7 Å². The van der Waals surface area contributed by atoms with Gasteiger partial charge in [-0.2, -0.15) is 0 Å². The number of aliphatic hydroxyl groups is 1. The number of aromatic nitrogens is 3. The third-order valence-electron chi connectivity index (χ3n) is 5.50. The minimum absolute atomic E-state index is 0.0228. The minimum Gasteiger partial charge on any atom is -0.394 e. The van der Waals surface area contributed by atoms with Gasteiger partial charge in [-0.05, 0) is 19.1 Å². The molecule has 0 saturated carbocycles. The SMILES string of the molecule is C[C@@H]1[C@@H](CO)O[C@@H](n2cc(F)c3c(NC(=O)c4ccccc4)ncnc32)[C@]1(C)F. The van der Waals surface area contributed by atoms with E-state index in [2.05, 4.69) is 15.3 Å². The van der Waals surface area contributed by atoms with Gasteiger partial charge in [-0.1, -0.05) is 25.1 Å². The predicted octanol–water partition coefficient (Wildman–Crippen LogP) is 3.08. The van der Waals surface area contributed by atoms with E-state index in [0.29, 0.717) is 5.56 Å². The Morgan fingerprint density at radius 3 is 2.72 bits per heavy atom. The van der Waals surface area contributed by atoms with Crippen LogP contribution in [-0.2, 0) is 4.74 Å². The van der Waals surface area contributed by atoms with Crippen LogP contribution in [0.5, 0.6) is 0 Å². The van der Waals surface area contributed by atoms with E-state index in [9.17, 15) is 14.3 Å². The third kappa shape index (κ3) is 3.16. The lowest BCUT2D eigenvalue weighted by atomic mass is 9.90. The molecule has 0 unspecified atom stereocenters. The molecule has 1 aromatic carbocycles. The van der Waals surface area contributed by atoms with Crippen LogP contribution in [-0.4, -0.2) is 43.9 Å². The number of fused-ring (bicyclic) bond motifs is 1. The number of benzene rings is 1. The number of halogens is 2. The Morgan fingerprint density at radius 1 is 1.34 bits per heavy atom. The van der Waals surface area contributed by atoms with Crippen molar-refractivity contribution in [3.05, 3.63) is 54.2 Å². The predicted molar refractivity (Wildman–Crippen MR) is 102 cm³/mol. The van der Waals surface area contributed by atoms with Gasteiger partial charge >= 0.3 is 0 Å². The zero-order chi connectivity index (χ0) is 20.8. The van der Waals surface area contributed by atoms with Gasteiger partial charge < -0.3 is 15.2 Å². The van der Waals surface area contributed by atoms with Gasteiger partial charge in [0.1, 0.15) is 12.1 Å². The number of alkyl halides is 1. The summed E-state index contributed by atoms with van der Waals surface area (Å²) in [6.45, 7) is 2.62. The van der Waals surface area contributed by atoms with Gasteiger partial charge in [0.05, 0.1) is 18.1 Å². The van der Waals surface area contributed by atoms with E-state index in [0.717, 1.165) is 12.5 Å². The van der Waals surface area contributed by atoms with Gasteiger partial charge in [0.15, 0.2) is 23.4 Å². The summed E-state index contributed by atoms with van der Waals surface area (Å²) in [6.07, 6.45) is 0.326. The number of amides is 1. The molecule has 3 heterocycles. The van der Waals surface area contributed by atoms with Gasteiger partial charge in [-0.25, -0.2) is 18.7 Å². The molecule has 0 radical (unpaired) electrons. The largest absolute Gasteiger partial charge is 0.394 e. The van der Waals surface area contributed by atoms with E-state index in [1.807, 2.05) is 0 Å². The molecule has 0 spiro atoms. The number of rotatable bonds is 4. The van der Waals surface area contributed by atoms with Crippen LogP contribution >= 0.6 is 0 Å². The highest BCUT2D eigenvalue weighted by atomic mass is 19.1. The Kier molecular flexibility index (Phi) is 4.79. The summed E-state index contributed by atoms with van der Waals surface area (Å²) in [5, 5.41) is 12.0. The summed E-state index contributed by atoms with van der Waals surface area (Å²) in [4.78, 5) is 20.5. The second kappa shape index (κ2) is 7.16. The first-order valence-electron chi connectivity index (χ1n) is 9.17. The van der Waals surface area contributed by atoms with Gasteiger partial charge in [0.25, 0.3) is 5.91 Å². The maximum Gasteiger partial charge on any atom is 0.256 e. The molecule has 3 aromatic rings. The van der Waals surface area contributed by atoms with Gasteiger partial charge in [-0.3, -0.25) is 9.36 Å². The summed E-state index contributed by atoms with van der Waals surface area (Å²) in [7, 11) is 0. The molecule has 0 bridgehead atoms. The molecule has 7 nitrogen and oxygen atoms in total. The van der Waals surface area contributed by atoms with Crippen LogP contribution in [0.2, 0.25) is 0 Å². The van der Waals surface area contributed by atoms with Crippen molar-refractivity contribution in [2.24, 2.45) is 5.92 Å². The lowest BCUT2D eigenvalue weighted by Crippen LogP contribution is -2.34. The number of hydrogen-bond acceptors (Lipinski definition) is 5. The van der Waals surface area contributed by atoms with Crippen molar-refractivity contribution in [2.45, 2.75) is 31.8 Å². The molecule has 4 rings (SSSR count). The van der Waals surface area contributed by atoms with Crippen molar-refractivity contribution >= 4 is 22.8 Å². The lowest BCUT2D eigenvalue weighted by molar-refractivity contribution is -0.0564. The molecule has 1 aliphatic heterocycles. The molecular formula is C20H20F2N4O3. The molecule has 2 N–H and O–H groups in total. The number of hydrogen-bond donors (Lipinski definition) is 2. The molecule has 0 aliphatic carbocycles. The molecular weight excluding hydrogens is 382 g/mol. The van der Waals surface area contributed by atoms with Crippen LogP contribution in [0, 0.1) is 11.7 Å². The van der Waals surface area contributed by atoms with Gasteiger partial charge in [-0.15, -0.1) is 0 Å². The van der Waals surface area contributed by atoms with Crippen molar-refractivity contribution < 1.29 is 23.4 Å². The Labute approximate surface area is 165 Å². The monoisotopic (exact) mass is 402 g/mol. The maximum absolute atomic E-state index is 15.4. The fraction of sp³-hybridized carbons (Fsp3) is 0.350. The molecule has 9 heteroatoms. The van der Waals surface area contributed by atoms with Crippen molar-refractivity contribution in [2.75, 3.05) is 11.9 Å². The number of ether oxygens (including phenoxy) is 1. The molecule has 29 heavy (non-hydrogen) atoms. The fourth-order valence-corrected chi connectivity index (χ4v) is 3.63. The molecule has 1 fully saturated rings. The number of aliphatic hydroxyl groups excluding tert-OH is 1. The second-order valence-electron chi connectivity index (χ2n) is 7.27. The zero-order valence-electron chi connectivity index (χ0n) is 15.8. The van der Waals surface area contributed by atoms with E-state index in [4.69, 9.17) is 4.74 Å². The van der Waals surface area contributed by atoms with Crippen LogP contribution in [0.15, 0.2) is 42.9 Å². The Morgan fingerprint density at radius 2 is 2.07 bits per heavy atom. The summed E-state index contributed by atoms with van der Waals surface area (Å²) >= 11 is 0. The van der Waals surface area contributed by atoms with Crippen molar-refractivity contribution in [1.29, 1.82) is 0 Å². The zero-order valence-corrected chi connectivity index (χ0v) is 15.8. The molecule has 1 saturated heterocycles. The van der Waals surface area contributed by atoms with Crippen LogP contribution in [0.25, 0.3) is 11.0 Å². The van der Waals surface area contributed by atoms with E-state index < -0.39 is 35.6 Å². The van der Waals surface area contributed by atoms with E-state index in [-0.39, 0.29) is 23.5 Å². The molecule has 1 aliphatic rings. The lowest BCUT2D eigenvalue weighted by Gasteiger charge is -2.25. The fourth-order valence-electron chi connectivity index (χ4n) is 3.63. The number of anilines is 1. The van der Waals surface area contributed by atoms with Crippen molar-refractivity contribution in [1.82, 2.24) is 14.5 Å². The highest BCUT2D eigenvalue weighted by Gasteiger charge is 2.53. The summed E-state index contributed by atoms with van der Waals surface area (Å²) in [5.41, 5.74) is -1.40. The number of carbonyl (C=O) groups excluding carboxylic acids is 1. The summed E-state index contributed by atoms with van der Waals surface area (Å²) in [6, 6.07) is 8.42. The van der Waals surface area contributed by atoms with E-state index in [1.54, 1.807) is 37.3 Å². The number of nitrogens with one attached hydrogen (secondary N) is 1. The third-order valence-corrected chi connectivity index (χ3v) is 5.50. The summed E-state index contributed by atoms with van der Waals surface area (Å²) < 4.78 is 37.1. The first kappa shape index (κ1) is 19.4. The first-order chi connectivity index (χ1) is 13.8. The minimum atomic E-state index is -1.87. The maximum atomic E-state index is 15.4. The average Bonchev–Trinajstić information content (AvgIpc) is 3.17. The standard InChI is InChI=1S/C20H20F2N4O3/c1-11-14(9-27)29-19(20(11,2)22)26-8-13(21)15-16(23-10-24-17(15)26)25-18(28)12-6-4-3-5-7-12/h3-8,10-11,14,19,27H,9H2,1-2H3,(H,23,24,25,28)/t11-,14-,19-,20-/m1/s1. The molecule has 2 aromatic heterocycles.